The average molecular weight is 290 g/mol. The van der Waals surface area contributed by atoms with Gasteiger partial charge in [-0.05, 0) is 12.8 Å². The second-order valence-corrected chi connectivity index (χ2v) is 8.69. The fraction of sp³-hybridized carbons (Fsp3) is 1.00. The highest BCUT2D eigenvalue weighted by Crippen LogP contribution is 2.19. The van der Waals surface area contributed by atoms with E-state index in [9.17, 15) is 16.8 Å². The lowest BCUT2D eigenvalue weighted by Crippen LogP contribution is -2.39. The molecule has 1 atom stereocenters. The van der Waals surface area contributed by atoms with Crippen LogP contribution in [0.5, 0.6) is 0 Å². The van der Waals surface area contributed by atoms with Gasteiger partial charge in [-0.15, -0.1) is 11.6 Å². The molecule has 1 aliphatic rings. The molecule has 1 aliphatic heterocycles. The highest BCUT2D eigenvalue weighted by atomic mass is 35.5. The van der Waals surface area contributed by atoms with Crippen LogP contribution in [0.4, 0.5) is 0 Å². The Labute approximate surface area is 102 Å². The minimum absolute atomic E-state index is 0.0243. The molecule has 1 fully saturated rings. The molecule has 0 aliphatic carbocycles. The summed E-state index contributed by atoms with van der Waals surface area (Å²) in [5.41, 5.74) is 0. The van der Waals surface area contributed by atoms with Crippen molar-refractivity contribution in [2.24, 2.45) is 0 Å². The maximum atomic E-state index is 11.8. The summed E-state index contributed by atoms with van der Waals surface area (Å²) in [5.74, 6) is 0.274. The van der Waals surface area contributed by atoms with Crippen LogP contribution in [0.3, 0.4) is 0 Å². The molecule has 0 spiro atoms. The number of hydrogen-bond donors (Lipinski definition) is 0. The molecule has 1 unspecified atom stereocenters. The van der Waals surface area contributed by atoms with E-state index in [1.165, 1.54) is 11.4 Å². The number of nitrogens with zero attached hydrogens (tertiary/aromatic N) is 1. The van der Waals surface area contributed by atoms with Crippen molar-refractivity contribution in [1.82, 2.24) is 4.31 Å². The third-order valence-electron chi connectivity index (χ3n) is 2.70. The van der Waals surface area contributed by atoms with Gasteiger partial charge in [0, 0.05) is 19.0 Å². The maximum absolute atomic E-state index is 11.8. The van der Waals surface area contributed by atoms with Gasteiger partial charge in [0.25, 0.3) is 0 Å². The van der Waals surface area contributed by atoms with Gasteiger partial charge >= 0.3 is 0 Å². The van der Waals surface area contributed by atoms with Crippen molar-refractivity contribution in [3.05, 3.63) is 0 Å². The molecule has 5 nitrogen and oxygen atoms in total. The normalized spacial score (nSPS) is 25.1. The van der Waals surface area contributed by atoms with Crippen molar-refractivity contribution < 1.29 is 16.8 Å². The molecule has 1 saturated heterocycles. The van der Waals surface area contributed by atoms with Crippen molar-refractivity contribution in [3.8, 4) is 0 Å². The van der Waals surface area contributed by atoms with Gasteiger partial charge in [0.1, 0.15) is 0 Å². The van der Waals surface area contributed by atoms with E-state index in [1.807, 2.05) is 0 Å². The van der Waals surface area contributed by atoms with Crippen molar-refractivity contribution in [1.29, 1.82) is 0 Å². The van der Waals surface area contributed by atoms with E-state index in [1.54, 1.807) is 0 Å². The second kappa shape index (κ2) is 5.20. The van der Waals surface area contributed by atoms with Gasteiger partial charge in [-0.2, -0.15) is 0 Å². The standard InChI is InChI=1S/C8H16ClNO4S2/c1-10(16(13,14)5-2-4-9)8-3-6-15(11,12)7-8/h8H,2-7H2,1H3. The largest absolute Gasteiger partial charge is 0.229 e. The molecule has 0 aromatic heterocycles. The lowest BCUT2D eigenvalue weighted by atomic mass is 10.3. The third kappa shape index (κ3) is 3.58. The predicted octanol–water partition coefficient (Wildman–Crippen LogP) is 0.0640. The SMILES string of the molecule is CN(C1CCS(=O)(=O)C1)S(=O)(=O)CCCCl. The number of sulfonamides is 1. The highest BCUT2D eigenvalue weighted by molar-refractivity contribution is 7.92. The van der Waals surface area contributed by atoms with E-state index in [0.717, 1.165) is 0 Å². The first kappa shape index (κ1) is 14.2. The first-order valence-electron chi connectivity index (χ1n) is 5.00. The molecule has 8 heteroatoms. The summed E-state index contributed by atoms with van der Waals surface area (Å²) in [6.07, 6.45) is 0.770. The summed E-state index contributed by atoms with van der Waals surface area (Å²) in [7, 11) is -4.99. The van der Waals surface area contributed by atoms with Gasteiger partial charge in [0.15, 0.2) is 9.84 Å². The van der Waals surface area contributed by atoms with Gasteiger partial charge in [0.05, 0.1) is 17.3 Å². The van der Waals surface area contributed by atoms with E-state index < -0.39 is 25.9 Å². The summed E-state index contributed by atoms with van der Waals surface area (Å²) >= 11 is 5.44. The van der Waals surface area contributed by atoms with Crippen molar-refractivity contribution in [3.63, 3.8) is 0 Å². The molecule has 0 radical (unpaired) electrons. The van der Waals surface area contributed by atoms with Crippen LogP contribution in [-0.2, 0) is 19.9 Å². The van der Waals surface area contributed by atoms with Crippen molar-refractivity contribution >= 4 is 31.5 Å². The Balaban J connectivity index is 2.68. The van der Waals surface area contributed by atoms with E-state index in [0.29, 0.717) is 12.8 Å². The summed E-state index contributed by atoms with van der Waals surface area (Å²) < 4.78 is 47.2. The third-order valence-corrected chi connectivity index (χ3v) is 6.70. The fourth-order valence-corrected chi connectivity index (χ4v) is 5.26. The molecule has 1 heterocycles. The zero-order valence-electron chi connectivity index (χ0n) is 9.09. The zero-order chi connectivity index (χ0) is 12.4. The van der Waals surface area contributed by atoms with Gasteiger partial charge < -0.3 is 0 Å². The first-order valence-corrected chi connectivity index (χ1v) is 8.97. The summed E-state index contributed by atoms with van der Waals surface area (Å²) in [6, 6.07) is -0.412. The predicted molar refractivity (Wildman–Crippen MR) is 63.9 cm³/mol. The smallest absolute Gasteiger partial charge is 0.214 e. The van der Waals surface area contributed by atoms with Gasteiger partial charge in [-0.1, -0.05) is 0 Å². The number of hydrogen-bond acceptors (Lipinski definition) is 4. The topological polar surface area (TPSA) is 71.5 Å². The van der Waals surface area contributed by atoms with Crippen LogP contribution in [-0.4, -0.2) is 57.4 Å². The van der Waals surface area contributed by atoms with Crippen molar-refractivity contribution in [2.45, 2.75) is 18.9 Å². The Morgan fingerprint density at radius 2 is 2.06 bits per heavy atom. The van der Waals surface area contributed by atoms with Gasteiger partial charge in [-0.3, -0.25) is 0 Å². The molecular weight excluding hydrogens is 274 g/mol. The van der Waals surface area contributed by atoms with Crippen molar-refractivity contribution in [2.75, 3.05) is 30.2 Å². The fourth-order valence-electron chi connectivity index (χ4n) is 1.67. The molecule has 16 heavy (non-hydrogen) atoms. The van der Waals surface area contributed by atoms with Gasteiger partial charge in [-0.25, -0.2) is 21.1 Å². The summed E-state index contributed by atoms with van der Waals surface area (Å²) in [4.78, 5) is 0. The zero-order valence-corrected chi connectivity index (χ0v) is 11.5. The van der Waals surface area contributed by atoms with E-state index >= 15 is 0 Å². The highest BCUT2D eigenvalue weighted by Gasteiger charge is 2.35. The lowest BCUT2D eigenvalue weighted by Gasteiger charge is -2.22. The lowest BCUT2D eigenvalue weighted by molar-refractivity contribution is 0.393. The van der Waals surface area contributed by atoms with Crippen LogP contribution >= 0.6 is 11.6 Å². The minimum Gasteiger partial charge on any atom is -0.229 e. The molecule has 0 aromatic carbocycles. The van der Waals surface area contributed by atoms with Crippen LogP contribution in [0.15, 0.2) is 0 Å². The quantitative estimate of drug-likeness (QED) is 0.671. The van der Waals surface area contributed by atoms with E-state index in [4.69, 9.17) is 11.6 Å². The average Bonchev–Trinajstić information content (AvgIpc) is 2.54. The molecule has 1 rings (SSSR count). The Bertz CT molecular complexity index is 431. The maximum Gasteiger partial charge on any atom is 0.214 e. The Morgan fingerprint density at radius 1 is 1.44 bits per heavy atom. The summed E-state index contributed by atoms with van der Waals surface area (Å²) in [6.45, 7) is 0. The molecule has 0 amide bonds. The van der Waals surface area contributed by atoms with Crippen LogP contribution in [0.2, 0.25) is 0 Å². The molecule has 0 bridgehead atoms. The first-order chi connectivity index (χ1) is 7.28. The van der Waals surface area contributed by atoms with Crippen LogP contribution in [0, 0.1) is 0 Å². The summed E-state index contributed by atoms with van der Waals surface area (Å²) in [5, 5.41) is 0. The molecular formula is C8H16ClNO4S2. The van der Waals surface area contributed by atoms with E-state index in [-0.39, 0.29) is 23.1 Å². The number of rotatable bonds is 5. The molecule has 0 saturated carbocycles. The number of sulfone groups is 1. The molecule has 96 valence electrons. The van der Waals surface area contributed by atoms with Crippen LogP contribution < -0.4 is 0 Å². The Hall–Kier alpha value is 0.150. The van der Waals surface area contributed by atoms with Crippen LogP contribution in [0.1, 0.15) is 12.8 Å². The van der Waals surface area contributed by atoms with Crippen LogP contribution in [0.25, 0.3) is 0 Å². The minimum atomic E-state index is -3.37. The van der Waals surface area contributed by atoms with E-state index in [2.05, 4.69) is 0 Å². The Kier molecular flexibility index (Phi) is 4.62. The number of halogens is 1. The van der Waals surface area contributed by atoms with Gasteiger partial charge in [0.2, 0.25) is 10.0 Å². The number of alkyl halides is 1. The second-order valence-electron chi connectivity index (χ2n) is 3.93. The Morgan fingerprint density at radius 3 is 2.50 bits per heavy atom. The molecule has 0 aromatic rings. The molecule has 0 N–H and O–H groups in total. The monoisotopic (exact) mass is 289 g/mol.